The molecular formula is H6K2O4S2. The topological polar surface area (TPSA) is 89.0 Å². The molecule has 8 heteroatoms. The van der Waals surface area contributed by atoms with Crippen molar-refractivity contribution in [2.45, 2.75) is 0 Å². The average molecular weight is 212 g/mol. The quantitative estimate of drug-likeness (QED) is 0.391. The molecule has 0 bridgehead atoms. The zero-order valence-electron chi connectivity index (χ0n) is 6.62. The van der Waals surface area contributed by atoms with Crippen LogP contribution in [0, 0.1) is 0 Å². The van der Waals surface area contributed by atoms with Crippen molar-refractivity contribution in [2.24, 2.45) is 0 Å². The second-order valence-corrected chi connectivity index (χ2v) is 2.65. The predicted octanol–water partition coefficient (Wildman–Crippen LogP) is -6.91. The molecule has 44 valence electrons. The van der Waals surface area contributed by atoms with E-state index in [9.17, 15) is 0 Å². The Morgan fingerprint density at radius 2 is 1.38 bits per heavy atom. The van der Waals surface area contributed by atoms with Crippen molar-refractivity contribution in [1.29, 1.82) is 0 Å². The zero-order chi connectivity index (χ0) is 4.50. The van der Waals surface area contributed by atoms with E-state index in [2.05, 4.69) is 11.2 Å². The molecule has 0 radical (unpaired) electrons. The van der Waals surface area contributed by atoms with Crippen LogP contribution in [-0.2, 0) is 20.2 Å². The molecule has 0 saturated heterocycles. The summed E-state index contributed by atoms with van der Waals surface area (Å²) in [6.07, 6.45) is 0. The van der Waals surface area contributed by atoms with Crippen molar-refractivity contribution in [3.63, 3.8) is 0 Å². The maximum absolute atomic E-state index is 9.11. The van der Waals surface area contributed by atoms with E-state index in [0.29, 0.717) is 0 Å². The van der Waals surface area contributed by atoms with Crippen LogP contribution in [0.2, 0.25) is 0 Å². The van der Waals surface area contributed by atoms with Gasteiger partial charge in [0, 0.05) is 11.2 Å². The summed E-state index contributed by atoms with van der Waals surface area (Å²) in [5.41, 5.74) is 0. The van der Waals surface area contributed by atoms with Crippen molar-refractivity contribution in [2.75, 3.05) is 0 Å². The molecule has 0 aliphatic rings. The van der Waals surface area contributed by atoms with E-state index in [-0.39, 0.29) is 111 Å². The summed E-state index contributed by atoms with van der Waals surface area (Å²) in [4.78, 5) is 0. The summed E-state index contributed by atoms with van der Waals surface area (Å²) in [5.74, 6) is 0. The molecule has 8 heavy (non-hydrogen) atoms. The molecule has 0 atom stereocenters. The van der Waals surface area contributed by atoms with Gasteiger partial charge in [-0.05, 0) is 0 Å². The number of hydrogen-bond donors (Lipinski definition) is 2. The summed E-state index contributed by atoms with van der Waals surface area (Å²) in [7, 11) is -3.83. The summed E-state index contributed by atoms with van der Waals surface area (Å²) in [6.45, 7) is 0. The fourth-order valence-electron chi connectivity index (χ4n) is 0. The molecule has 0 aliphatic carbocycles. The van der Waals surface area contributed by atoms with E-state index in [1.54, 1.807) is 0 Å². The predicted molar refractivity (Wildman–Crippen MR) is 26.6 cm³/mol. The molecule has 0 saturated carbocycles. The third-order valence-electron chi connectivity index (χ3n) is 0. The Bertz CT molecular complexity index is 102. The molecule has 0 heterocycles. The van der Waals surface area contributed by atoms with E-state index in [0.717, 1.165) is 0 Å². The van der Waals surface area contributed by atoms with Gasteiger partial charge in [-0.3, -0.25) is 9.11 Å². The van der Waals surface area contributed by atoms with E-state index in [1.165, 1.54) is 0 Å². The molecule has 0 rings (SSSR count). The van der Waals surface area contributed by atoms with Crippen LogP contribution in [0.15, 0.2) is 0 Å². The second kappa shape index (κ2) is 10.5. The van der Waals surface area contributed by atoms with Gasteiger partial charge in [-0.2, -0.15) is 4.21 Å². The molecule has 4 N–H and O–H groups in total. The van der Waals surface area contributed by atoms with Crippen LogP contribution < -0.4 is 103 Å². The smallest absolute Gasteiger partial charge is 1.00 e. The fourth-order valence-corrected chi connectivity index (χ4v) is 0. The van der Waals surface area contributed by atoms with Gasteiger partial charge >= 0.3 is 103 Å². The van der Waals surface area contributed by atoms with Crippen molar-refractivity contribution in [3.8, 4) is 0 Å². The minimum atomic E-state index is -3.83. The largest absolute Gasteiger partial charge is 1.00 e. The fraction of sp³-hybridized carbons (Fsp3) is 0. The van der Waals surface area contributed by atoms with Gasteiger partial charge in [0.25, 0.3) is 9.05 Å². The van der Waals surface area contributed by atoms with Crippen molar-refractivity contribution in [1.82, 2.24) is 0 Å². The van der Waals surface area contributed by atoms with Crippen LogP contribution in [0.5, 0.6) is 0 Å². The molecule has 0 aromatic heterocycles. The number of hydrogen-bond acceptors (Lipinski definition) is 2. The molecule has 0 aromatic carbocycles. The van der Waals surface area contributed by atoms with Gasteiger partial charge in [-0.25, -0.2) is 0 Å². The second-order valence-electron chi connectivity index (χ2n) is 0.448. The summed E-state index contributed by atoms with van der Waals surface area (Å²) in [6, 6.07) is 0. The molecule has 0 amide bonds. The Balaban J connectivity index is -0.00000000800. The van der Waals surface area contributed by atoms with E-state index >= 15 is 0 Å². The maximum atomic E-state index is 9.11. The summed E-state index contributed by atoms with van der Waals surface area (Å²) >= 11 is 3.47. The molecule has 0 aromatic rings. The van der Waals surface area contributed by atoms with Crippen LogP contribution in [-0.4, -0.2) is 18.8 Å². The zero-order valence-corrected chi connectivity index (χ0v) is 12.5. The Kier molecular flexibility index (Phi) is 29.7. The third-order valence-corrected chi connectivity index (χ3v) is 0. The first-order valence-electron chi connectivity index (χ1n) is 0.698. The summed E-state index contributed by atoms with van der Waals surface area (Å²) < 4.78 is 24.0. The van der Waals surface area contributed by atoms with E-state index in [1.807, 2.05) is 0 Å². The van der Waals surface area contributed by atoms with Crippen molar-refractivity contribution >= 4 is 20.2 Å². The van der Waals surface area contributed by atoms with Gasteiger partial charge < -0.3 is 8.33 Å². The molecular weight excluding hydrogens is 206 g/mol. The first-order chi connectivity index (χ1) is 2.00. The van der Waals surface area contributed by atoms with Gasteiger partial charge in [0.15, 0.2) is 0 Å². The van der Waals surface area contributed by atoms with Crippen molar-refractivity contribution < 1.29 is 124 Å². The van der Waals surface area contributed by atoms with Gasteiger partial charge in [0.05, 0.1) is 0 Å². The molecule has 0 unspecified atom stereocenters. The van der Waals surface area contributed by atoms with Crippen LogP contribution in [0.3, 0.4) is 0 Å². The summed E-state index contributed by atoms with van der Waals surface area (Å²) in [5, 5.41) is 0. The standard InChI is InChI=1S/2K.H2O3S2.H2O.2H/c;;1-5(2,3)4;;;/h;;(H2,1,2,3,4);1H2;;/q2*+1;;;2*-1. The van der Waals surface area contributed by atoms with Crippen molar-refractivity contribution in [3.05, 3.63) is 0 Å². The van der Waals surface area contributed by atoms with Gasteiger partial charge in [-0.1, -0.05) is 0 Å². The minimum Gasteiger partial charge on any atom is -1.00 e. The molecule has 0 aliphatic heterocycles. The Morgan fingerprint density at radius 3 is 1.38 bits per heavy atom. The van der Waals surface area contributed by atoms with E-state index in [4.69, 9.17) is 13.3 Å². The monoisotopic (exact) mass is 212 g/mol. The van der Waals surface area contributed by atoms with Gasteiger partial charge in [0.2, 0.25) is 0 Å². The molecule has 0 spiro atoms. The Hall–Kier alpha value is 3.52. The SMILES string of the molecule is O.O=S(O)(O)=S.[H-].[H-].[K+].[K+]. The van der Waals surface area contributed by atoms with Crippen LogP contribution >= 0.6 is 0 Å². The molecule has 4 nitrogen and oxygen atoms in total. The van der Waals surface area contributed by atoms with Gasteiger partial charge in [-0.15, -0.1) is 0 Å². The average Bonchev–Trinajstić information content (AvgIpc) is 0.722. The normalized spacial score (nSPS) is 7.25. The first kappa shape index (κ1) is 22.5. The maximum Gasteiger partial charge on any atom is 1.00 e. The van der Waals surface area contributed by atoms with Crippen LogP contribution in [0.25, 0.3) is 0 Å². The number of rotatable bonds is 0. The minimum absolute atomic E-state index is 0. The Morgan fingerprint density at radius 1 is 1.38 bits per heavy atom. The van der Waals surface area contributed by atoms with Gasteiger partial charge in [0.1, 0.15) is 0 Å². The molecule has 0 fully saturated rings. The van der Waals surface area contributed by atoms with Crippen LogP contribution in [0.4, 0.5) is 0 Å². The Labute approximate surface area is 141 Å². The third kappa shape index (κ3) is 55.7. The van der Waals surface area contributed by atoms with Crippen LogP contribution in [0.1, 0.15) is 2.85 Å². The van der Waals surface area contributed by atoms with E-state index < -0.39 is 9.05 Å². The first-order valence-corrected chi connectivity index (χ1v) is 3.10.